The second kappa shape index (κ2) is 3.38. The Hall–Kier alpha value is -1.02. The third-order valence-corrected chi connectivity index (χ3v) is 2.78. The fourth-order valence-corrected chi connectivity index (χ4v) is 2.05. The van der Waals surface area contributed by atoms with Crippen LogP contribution < -0.4 is 5.84 Å². The van der Waals surface area contributed by atoms with Gasteiger partial charge in [0.2, 0.25) is 0 Å². The molecule has 0 spiro atoms. The molecule has 1 aromatic carbocycles. The first-order chi connectivity index (χ1) is 6.33. The van der Waals surface area contributed by atoms with Crippen molar-refractivity contribution in [2.75, 3.05) is 0 Å². The highest BCUT2D eigenvalue weighted by molar-refractivity contribution is 6.32. The van der Waals surface area contributed by atoms with Gasteiger partial charge in [0.15, 0.2) is 0 Å². The molecule has 0 bridgehead atoms. The molecule has 0 atom stereocenters. The normalized spacial score (nSPS) is 18.7. The van der Waals surface area contributed by atoms with E-state index in [4.69, 9.17) is 17.4 Å². The maximum absolute atomic E-state index is 6.07. The fraction of sp³-hybridized carbons (Fsp3) is 0.300. The van der Waals surface area contributed by atoms with Crippen LogP contribution in [-0.2, 0) is 6.42 Å². The Balaban J connectivity index is 2.58. The molecule has 3 heteroatoms. The average Bonchev–Trinajstić information content (AvgIpc) is 2.18. The molecule has 0 saturated carbocycles. The maximum atomic E-state index is 6.07. The van der Waals surface area contributed by atoms with Gasteiger partial charge in [0.1, 0.15) is 0 Å². The maximum Gasteiger partial charge on any atom is 0.0676 e. The number of halogens is 1. The Morgan fingerprint density at radius 1 is 1.31 bits per heavy atom. The van der Waals surface area contributed by atoms with Crippen LogP contribution in [0, 0.1) is 0 Å². The summed E-state index contributed by atoms with van der Waals surface area (Å²) < 4.78 is 0. The minimum absolute atomic E-state index is 0.832. The van der Waals surface area contributed by atoms with E-state index in [9.17, 15) is 0 Å². The zero-order valence-corrected chi connectivity index (χ0v) is 8.01. The van der Waals surface area contributed by atoms with Crippen LogP contribution in [0.15, 0.2) is 23.3 Å². The largest absolute Gasteiger partial charge is 0.323 e. The van der Waals surface area contributed by atoms with Crippen LogP contribution in [0.1, 0.15) is 24.0 Å². The molecule has 68 valence electrons. The molecule has 0 unspecified atom stereocenters. The first-order valence-corrected chi connectivity index (χ1v) is 4.75. The zero-order valence-electron chi connectivity index (χ0n) is 7.26. The predicted octanol–water partition coefficient (Wildman–Crippen LogP) is 2.34. The summed E-state index contributed by atoms with van der Waals surface area (Å²) in [6.07, 6.45) is 3.09. The highest BCUT2D eigenvalue weighted by Gasteiger charge is 2.16. The summed E-state index contributed by atoms with van der Waals surface area (Å²) in [6.45, 7) is 0. The molecular weight excluding hydrogens is 184 g/mol. The molecule has 2 nitrogen and oxygen atoms in total. The summed E-state index contributed by atoms with van der Waals surface area (Å²) in [5, 5.41) is 4.62. The third-order valence-electron chi connectivity index (χ3n) is 2.43. The van der Waals surface area contributed by atoms with Crippen molar-refractivity contribution in [2.45, 2.75) is 19.3 Å². The van der Waals surface area contributed by atoms with Gasteiger partial charge in [-0.3, -0.25) is 0 Å². The van der Waals surface area contributed by atoms with Crippen molar-refractivity contribution in [3.63, 3.8) is 0 Å². The van der Waals surface area contributed by atoms with Crippen molar-refractivity contribution in [1.29, 1.82) is 0 Å². The van der Waals surface area contributed by atoms with Gasteiger partial charge in [-0.15, -0.1) is 0 Å². The molecule has 1 aliphatic rings. The van der Waals surface area contributed by atoms with Gasteiger partial charge in [0, 0.05) is 10.6 Å². The lowest BCUT2D eigenvalue weighted by atomic mass is 9.90. The molecule has 2 rings (SSSR count). The summed E-state index contributed by atoms with van der Waals surface area (Å²) >= 11 is 6.07. The summed E-state index contributed by atoms with van der Waals surface area (Å²) in [7, 11) is 0. The lowest BCUT2D eigenvalue weighted by Crippen LogP contribution is -2.13. The van der Waals surface area contributed by atoms with Crippen molar-refractivity contribution >= 4 is 17.3 Å². The Bertz CT molecular complexity index is 358. The topological polar surface area (TPSA) is 38.4 Å². The average molecular weight is 195 g/mol. The van der Waals surface area contributed by atoms with Gasteiger partial charge >= 0.3 is 0 Å². The molecule has 0 fully saturated rings. The monoisotopic (exact) mass is 194 g/mol. The molecule has 0 radical (unpaired) electrons. The molecule has 13 heavy (non-hydrogen) atoms. The Morgan fingerprint density at radius 3 is 2.92 bits per heavy atom. The van der Waals surface area contributed by atoms with Gasteiger partial charge in [-0.1, -0.05) is 23.7 Å². The van der Waals surface area contributed by atoms with Crippen LogP contribution in [-0.4, -0.2) is 5.71 Å². The van der Waals surface area contributed by atoms with Crippen molar-refractivity contribution < 1.29 is 0 Å². The number of nitrogens with two attached hydrogens (primary N) is 1. The standard InChI is InChI=1S/C10H11ClN2/c11-9-5-1-4-8-7(9)3-2-6-10(8)13-12/h1,4-5H,2-3,6,12H2/b13-10-. The van der Waals surface area contributed by atoms with E-state index in [0.717, 1.165) is 35.6 Å². The number of nitrogens with zero attached hydrogens (tertiary/aromatic N) is 1. The van der Waals surface area contributed by atoms with E-state index < -0.39 is 0 Å². The molecule has 1 aliphatic carbocycles. The summed E-state index contributed by atoms with van der Waals surface area (Å²) in [5.41, 5.74) is 3.30. The van der Waals surface area contributed by atoms with Crippen LogP contribution >= 0.6 is 11.6 Å². The summed E-state index contributed by atoms with van der Waals surface area (Å²) in [4.78, 5) is 0. The predicted molar refractivity (Wildman–Crippen MR) is 55.1 cm³/mol. The second-order valence-electron chi connectivity index (χ2n) is 3.20. The highest BCUT2D eigenvalue weighted by Crippen LogP contribution is 2.27. The van der Waals surface area contributed by atoms with Crippen molar-refractivity contribution in [3.8, 4) is 0 Å². The summed E-state index contributed by atoms with van der Waals surface area (Å²) in [5.74, 6) is 5.31. The van der Waals surface area contributed by atoms with E-state index in [1.807, 2.05) is 18.2 Å². The van der Waals surface area contributed by atoms with E-state index in [0.29, 0.717) is 0 Å². The smallest absolute Gasteiger partial charge is 0.0676 e. The van der Waals surface area contributed by atoms with Gasteiger partial charge in [0.05, 0.1) is 5.71 Å². The van der Waals surface area contributed by atoms with Crippen LogP contribution in [0.3, 0.4) is 0 Å². The van der Waals surface area contributed by atoms with E-state index in [1.54, 1.807) is 0 Å². The molecule has 2 N–H and O–H groups in total. The van der Waals surface area contributed by atoms with Gasteiger partial charge in [-0.05, 0) is 30.9 Å². The van der Waals surface area contributed by atoms with Crippen LogP contribution in [0.2, 0.25) is 5.02 Å². The molecule has 0 saturated heterocycles. The molecule has 0 aromatic heterocycles. The fourth-order valence-electron chi connectivity index (χ4n) is 1.78. The SMILES string of the molecule is N/N=C1/CCCc2c(Cl)cccc21. The quantitative estimate of drug-likeness (QED) is 0.500. The number of rotatable bonds is 0. The van der Waals surface area contributed by atoms with Crippen molar-refractivity contribution in [1.82, 2.24) is 0 Å². The van der Waals surface area contributed by atoms with Gasteiger partial charge in [-0.2, -0.15) is 5.10 Å². The Kier molecular flexibility index (Phi) is 2.23. The molecular formula is C10H11ClN2. The van der Waals surface area contributed by atoms with E-state index in [-0.39, 0.29) is 0 Å². The van der Waals surface area contributed by atoms with E-state index in [2.05, 4.69) is 5.10 Å². The lowest BCUT2D eigenvalue weighted by Gasteiger charge is -2.17. The Morgan fingerprint density at radius 2 is 2.15 bits per heavy atom. The number of hydrogen-bond donors (Lipinski definition) is 1. The van der Waals surface area contributed by atoms with Crippen LogP contribution in [0.5, 0.6) is 0 Å². The number of benzene rings is 1. The summed E-state index contributed by atoms with van der Waals surface area (Å²) in [6, 6.07) is 5.89. The van der Waals surface area contributed by atoms with Crippen LogP contribution in [0.25, 0.3) is 0 Å². The van der Waals surface area contributed by atoms with Gasteiger partial charge in [0.25, 0.3) is 0 Å². The van der Waals surface area contributed by atoms with E-state index in [1.165, 1.54) is 5.56 Å². The zero-order chi connectivity index (χ0) is 9.26. The van der Waals surface area contributed by atoms with E-state index >= 15 is 0 Å². The highest BCUT2D eigenvalue weighted by atomic mass is 35.5. The Labute approximate surface area is 82.4 Å². The lowest BCUT2D eigenvalue weighted by molar-refractivity contribution is 0.835. The van der Waals surface area contributed by atoms with Crippen molar-refractivity contribution in [3.05, 3.63) is 34.3 Å². The number of hydrogen-bond acceptors (Lipinski definition) is 2. The first-order valence-electron chi connectivity index (χ1n) is 4.37. The molecule has 0 amide bonds. The second-order valence-corrected chi connectivity index (χ2v) is 3.60. The van der Waals surface area contributed by atoms with Crippen molar-refractivity contribution in [2.24, 2.45) is 10.9 Å². The third kappa shape index (κ3) is 1.42. The first kappa shape index (κ1) is 8.57. The van der Waals surface area contributed by atoms with Gasteiger partial charge < -0.3 is 5.84 Å². The molecule has 0 heterocycles. The number of hydrazone groups is 1. The minimum Gasteiger partial charge on any atom is -0.323 e. The number of fused-ring (bicyclic) bond motifs is 1. The molecule has 1 aromatic rings. The van der Waals surface area contributed by atoms with Crippen LogP contribution in [0.4, 0.5) is 0 Å². The molecule has 0 aliphatic heterocycles. The van der Waals surface area contributed by atoms with Gasteiger partial charge in [-0.25, -0.2) is 0 Å². The minimum atomic E-state index is 0.832.